The molecule has 24 heavy (non-hydrogen) atoms. The molecule has 0 radical (unpaired) electrons. The fraction of sp³-hybridized carbons (Fsp3) is 0.444. The number of carbonyl (C=O) groups is 1. The highest BCUT2D eigenvalue weighted by Gasteiger charge is 2.49. The number of benzene rings is 1. The highest BCUT2D eigenvalue weighted by molar-refractivity contribution is 5.88. The highest BCUT2D eigenvalue weighted by atomic mass is 19.3. The van der Waals surface area contributed by atoms with Gasteiger partial charge in [-0.2, -0.15) is 5.10 Å². The van der Waals surface area contributed by atoms with Crippen LogP contribution in [0.2, 0.25) is 0 Å². The summed E-state index contributed by atoms with van der Waals surface area (Å²) in [5, 5.41) is 3.81. The summed E-state index contributed by atoms with van der Waals surface area (Å²) in [5.74, 6) is 1.92. The van der Waals surface area contributed by atoms with E-state index in [-0.39, 0.29) is 11.4 Å². The minimum absolute atomic E-state index is 0.151. The number of aromatic nitrogens is 2. The zero-order valence-corrected chi connectivity index (χ0v) is 13.4. The van der Waals surface area contributed by atoms with Gasteiger partial charge < -0.3 is 0 Å². The second kappa shape index (κ2) is 5.69. The van der Waals surface area contributed by atoms with Gasteiger partial charge in [0.15, 0.2) is 5.69 Å². The molecule has 0 aliphatic heterocycles. The van der Waals surface area contributed by atoms with Crippen LogP contribution in [0, 0.1) is 11.8 Å². The third-order valence-corrected chi connectivity index (χ3v) is 5.07. The molecule has 4 nitrogen and oxygen atoms in total. The van der Waals surface area contributed by atoms with Crippen molar-refractivity contribution in [1.82, 2.24) is 9.78 Å². The summed E-state index contributed by atoms with van der Waals surface area (Å²) in [4.78, 5) is 13.1. The van der Waals surface area contributed by atoms with Crippen LogP contribution >= 0.6 is 0 Å². The van der Waals surface area contributed by atoms with Gasteiger partial charge in [-0.05, 0) is 48.6 Å². The number of para-hydroxylation sites is 1. The summed E-state index contributed by atoms with van der Waals surface area (Å²) in [6.07, 6.45) is 3.06. The number of nitrogens with zero attached hydrogens (tertiary/aromatic N) is 3. The van der Waals surface area contributed by atoms with Crippen molar-refractivity contribution in [3.63, 3.8) is 0 Å². The Morgan fingerprint density at radius 3 is 2.71 bits per heavy atom. The predicted molar refractivity (Wildman–Crippen MR) is 86.4 cm³/mol. The predicted octanol–water partition coefficient (Wildman–Crippen LogP) is 4.17. The van der Waals surface area contributed by atoms with Gasteiger partial charge in [0, 0.05) is 13.2 Å². The average Bonchev–Trinajstić information content (AvgIpc) is 3.45. The molecule has 6 heteroatoms. The number of halogens is 2. The molecule has 1 heterocycles. The molecular formula is C18H19F2N3O. The van der Waals surface area contributed by atoms with E-state index >= 15 is 0 Å². The summed E-state index contributed by atoms with van der Waals surface area (Å²) < 4.78 is 27.9. The largest absolute Gasteiger partial charge is 0.284 e. The first-order valence-electron chi connectivity index (χ1n) is 8.25. The number of rotatable bonds is 6. The summed E-state index contributed by atoms with van der Waals surface area (Å²) in [5.41, 5.74) is 1.55. The Morgan fingerprint density at radius 1 is 1.29 bits per heavy atom. The van der Waals surface area contributed by atoms with Crippen LogP contribution in [-0.4, -0.2) is 16.2 Å². The number of anilines is 2. The molecule has 0 bridgehead atoms. The second-order valence-corrected chi connectivity index (χ2v) is 6.75. The SMILES string of the molecule is Cn1cc(N(C=O)c2ccccc2C2CC2C2CC2)c(C(F)F)n1. The Morgan fingerprint density at radius 2 is 2.04 bits per heavy atom. The van der Waals surface area contributed by atoms with Gasteiger partial charge in [-0.25, -0.2) is 8.78 Å². The first-order chi connectivity index (χ1) is 11.6. The van der Waals surface area contributed by atoms with Crippen LogP contribution < -0.4 is 4.90 Å². The van der Waals surface area contributed by atoms with Gasteiger partial charge in [-0.15, -0.1) is 0 Å². The quantitative estimate of drug-likeness (QED) is 0.745. The second-order valence-electron chi connectivity index (χ2n) is 6.75. The molecule has 2 saturated carbocycles. The van der Waals surface area contributed by atoms with Gasteiger partial charge in [0.05, 0.1) is 11.4 Å². The van der Waals surface area contributed by atoms with Gasteiger partial charge in [0.1, 0.15) is 0 Å². The molecule has 4 rings (SSSR count). The van der Waals surface area contributed by atoms with Crippen molar-refractivity contribution in [2.45, 2.75) is 31.6 Å². The third-order valence-electron chi connectivity index (χ3n) is 5.07. The minimum atomic E-state index is -2.73. The molecule has 0 saturated heterocycles. The topological polar surface area (TPSA) is 38.1 Å². The van der Waals surface area contributed by atoms with Crippen molar-refractivity contribution in [2.24, 2.45) is 18.9 Å². The van der Waals surface area contributed by atoms with E-state index in [0.29, 0.717) is 23.9 Å². The van der Waals surface area contributed by atoms with Crippen LogP contribution in [0.3, 0.4) is 0 Å². The van der Waals surface area contributed by atoms with E-state index in [1.807, 2.05) is 24.3 Å². The maximum Gasteiger partial charge on any atom is 0.284 e. The average molecular weight is 331 g/mol. The van der Waals surface area contributed by atoms with Gasteiger partial charge in [0.2, 0.25) is 6.41 Å². The number of aryl methyl sites for hydroxylation is 1. The monoisotopic (exact) mass is 331 g/mol. The number of hydrogen-bond acceptors (Lipinski definition) is 2. The van der Waals surface area contributed by atoms with Crippen molar-refractivity contribution in [3.05, 3.63) is 41.7 Å². The maximum atomic E-state index is 13.3. The van der Waals surface area contributed by atoms with Crippen LogP contribution in [-0.2, 0) is 11.8 Å². The molecule has 1 amide bonds. The molecule has 2 fully saturated rings. The number of amides is 1. The first-order valence-corrected chi connectivity index (χ1v) is 8.25. The molecule has 1 aromatic heterocycles. The van der Waals surface area contributed by atoms with E-state index in [1.54, 1.807) is 7.05 Å². The van der Waals surface area contributed by atoms with Gasteiger partial charge in [0.25, 0.3) is 6.43 Å². The van der Waals surface area contributed by atoms with E-state index in [1.165, 1.54) is 28.6 Å². The van der Waals surface area contributed by atoms with Crippen LogP contribution in [0.1, 0.15) is 42.9 Å². The number of alkyl halides is 2. The Hall–Kier alpha value is -2.24. The summed E-state index contributed by atoms with van der Waals surface area (Å²) in [6.45, 7) is 0. The van der Waals surface area contributed by atoms with E-state index in [2.05, 4.69) is 5.10 Å². The van der Waals surface area contributed by atoms with E-state index in [0.717, 1.165) is 17.9 Å². The van der Waals surface area contributed by atoms with Crippen molar-refractivity contribution < 1.29 is 13.6 Å². The lowest BCUT2D eigenvalue weighted by molar-refractivity contribution is -0.106. The lowest BCUT2D eigenvalue weighted by atomic mass is 10.0. The lowest BCUT2D eigenvalue weighted by Gasteiger charge is -2.20. The van der Waals surface area contributed by atoms with E-state index < -0.39 is 6.43 Å². The molecule has 0 N–H and O–H groups in total. The number of hydrogen-bond donors (Lipinski definition) is 0. The van der Waals surface area contributed by atoms with Gasteiger partial charge in [-0.3, -0.25) is 14.4 Å². The number of carbonyl (C=O) groups excluding carboxylic acids is 1. The summed E-state index contributed by atoms with van der Waals surface area (Å²) in [6, 6.07) is 7.62. The smallest absolute Gasteiger partial charge is 0.280 e. The molecule has 2 aliphatic carbocycles. The van der Waals surface area contributed by atoms with Gasteiger partial charge >= 0.3 is 0 Å². The molecular weight excluding hydrogens is 312 g/mol. The Bertz CT molecular complexity index is 769. The zero-order valence-electron chi connectivity index (χ0n) is 13.4. The lowest BCUT2D eigenvalue weighted by Crippen LogP contribution is -2.17. The standard InChI is InChI=1S/C18H19F2N3O/c1-22-9-16(17(21-22)18(19)20)23(10-24)15-5-3-2-4-12(15)14-8-13(14)11-6-7-11/h2-5,9-11,13-14,18H,6-8H2,1H3. The third kappa shape index (κ3) is 2.60. The summed E-state index contributed by atoms with van der Waals surface area (Å²) >= 11 is 0. The fourth-order valence-electron chi connectivity index (χ4n) is 3.72. The molecule has 2 aliphatic rings. The molecule has 0 spiro atoms. The van der Waals surface area contributed by atoms with E-state index in [9.17, 15) is 13.6 Å². The normalized spacial score (nSPS) is 22.7. The van der Waals surface area contributed by atoms with Crippen LogP contribution in [0.15, 0.2) is 30.5 Å². The Balaban J connectivity index is 1.73. The first kappa shape index (κ1) is 15.3. The van der Waals surface area contributed by atoms with Crippen molar-refractivity contribution in [2.75, 3.05) is 4.90 Å². The van der Waals surface area contributed by atoms with Crippen LogP contribution in [0.25, 0.3) is 0 Å². The highest BCUT2D eigenvalue weighted by Crippen LogP contribution is 2.60. The molecule has 126 valence electrons. The molecule has 1 aromatic carbocycles. The molecule has 2 aromatic rings. The molecule has 2 unspecified atom stereocenters. The van der Waals surface area contributed by atoms with Crippen molar-refractivity contribution in [3.8, 4) is 0 Å². The van der Waals surface area contributed by atoms with Crippen LogP contribution in [0.4, 0.5) is 20.2 Å². The molecule has 2 atom stereocenters. The van der Waals surface area contributed by atoms with E-state index in [4.69, 9.17) is 0 Å². The summed E-state index contributed by atoms with van der Waals surface area (Å²) in [7, 11) is 1.58. The fourth-order valence-corrected chi connectivity index (χ4v) is 3.72. The van der Waals surface area contributed by atoms with Crippen molar-refractivity contribution >= 4 is 17.8 Å². The van der Waals surface area contributed by atoms with Gasteiger partial charge in [-0.1, -0.05) is 18.2 Å². The Labute approximate surface area is 139 Å². The zero-order chi connectivity index (χ0) is 16.8. The minimum Gasteiger partial charge on any atom is -0.280 e. The Kier molecular flexibility index (Phi) is 3.62. The maximum absolute atomic E-state index is 13.3. The van der Waals surface area contributed by atoms with Crippen LogP contribution in [0.5, 0.6) is 0 Å². The van der Waals surface area contributed by atoms with Crippen molar-refractivity contribution in [1.29, 1.82) is 0 Å².